The third-order valence-electron chi connectivity index (χ3n) is 3.45. The molecule has 0 spiro atoms. The summed E-state index contributed by atoms with van der Waals surface area (Å²) in [5.41, 5.74) is 2.52. The third kappa shape index (κ3) is 3.23. The average Bonchev–Trinajstić information content (AvgIpc) is 2.69. The van der Waals surface area contributed by atoms with Crippen LogP contribution >= 0.6 is 12.4 Å². The summed E-state index contributed by atoms with van der Waals surface area (Å²) in [7, 11) is 0. The van der Waals surface area contributed by atoms with E-state index >= 15 is 0 Å². The molecule has 0 bridgehead atoms. The lowest BCUT2D eigenvalue weighted by molar-refractivity contribution is 0.0987. The van der Waals surface area contributed by atoms with Crippen LogP contribution in [0, 0.1) is 5.82 Å². The lowest BCUT2D eigenvalue weighted by Crippen LogP contribution is -2.34. The molecule has 0 unspecified atom stereocenters. The third-order valence-corrected chi connectivity index (χ3v) is 3.45. The number of halogens is 2. The Kier molecular flexibility index (Phi) is 4.94. The normalized spacial score (nSPS) is 13.9. The molecule has 1 aliphatic heterocycles. The molecule has 0 fully saturated rings. The smallest absolute Gasteiger partial charge is 0.258 e. The van der Waals surface area contributed by atoms with Gasteiger partial charge in [0.25, 0.3) is 5.91 Å². The van der Waals surface area contributed by atoms with Crippen molar-refractivity contribution in [3.05, 3.63) is 65.5 Å². The van der Waals surface area contributed by atoms with Crippen LogP contribution in [-0.4, -0.2) is 19.0 Å². The quantitative estimate of drug-likeness (QED) is 0.878. The fourth-order valence-electron chi connectivity index (χ4n) is 2.42. The fraction of sp³-hybridized carbons (Fsp3) is 0.188. The van der Waals surface area contributed by atoms with Gasteiger partial charge in [-0.3, -0.25) is 4.79 Å². The maximum atomic E-state index is 13.0. The summed E-state index contributed by atoms with van der Waals surface area (Å²) in [4.78, 5) is 14.4. The summed E-state index contributed by atoms with van der Waals surface area (Å²) in [5, 5.41) is 3.29. The first-order valence-electron chi connectivity index (χ1n) is 6.62. The van der Waals surface area contributed by atoms with Gasteiger partial charge in [-0.05, 0) is 35.9 Å². The number of benzene rings is 2. The van der Waals surface area contributed by atoms with Crippen molar-refractivity contribution in [1.29, 1.82) is 0 Å². The molecule has 2 aromatic rings. The number of hydrogen-bond donors (Lipinski definition) is 1. The van der Waals surface area contributed by atoms with E-state index in [0.717, 1.165) is 24.3 Å². The Labute approximate surface area is 129 Å². The Balaban J connectivity index is 0.00000161. The molecular formula is C16H16ClFN2O. The number of para-hydroxylation sites is 1. The minimum Gasteiger partial charge on any atom is -0.311 e. The highest BCUT2D eigenvalue weighted by Gasteiger charge is 2.21. The molecule has 1 amide bonds. The van der Waals surface area contributed by atoms with E-state index in [4.69, 9.17) is 0 Å². The molecule has 0 atom stereocenters. The Bertz CT molecular complexity index is 630. The molecule has 0 aliphatic carbocycles. The van der Waals surface area contributed by atoms with Crippen LogP contribution in [0.5, 0.6) is 0 Å². The van der Waals surface area contributed by atoms with E-state index in [9.17, 15) is 9.18 Å². The van der Waals surface area contributed by atoms with E-state index in [0.29, 0.717) is 12.1 Å². The lowest BCUT2D eigenvalue weighted by atomic mass is 10.1. The second-order valence-electron chi connectivity index (χ2n) is 4.77. The average molecular weight is 307 g/mol. The summed E-state index contributed by atoms with van der Waals surface area (Å²) in [6.07, 6.45) is 0. The van der Waals surface area contributed by atoms with E-state index < -0.39 is 0 Å². The Morgan fingerprint density at radius 3 is 2.57 bits per heavy atom. The number of nitrogens with one attached hydrogen (secondary N) is 1. The summed E-state index contributed by atoms with van der Waals surface area (Å²) in [5.74, 6) is -0.430. The van der Waals surface area contributed by atoms with Gasteiger partial charge < -0.3 is 10.2 Å². The largest absolute Gasteiger partial charge is 0.311 e. The van der Waals surface area contributed by atoms with Crippen LogP contribution in [-0.2, 0) is 6.54 Å². The zero-order valence-electron chi connectivity index (χ0n) is 11.4. The molecule has 21 heavy (non-hydrogen) atoms. The number of carbonyl (C=O) groups is 1. The maximum absolute atomic E-state index is 13.0. The van der Waals surface area contributed by atoms with E-state index in [1.54, 1.807) is 4.90 Å². The number of rotatable bonds is 1. The number of hydrogen-bond acceptors (Lipinski definition) is 2. The molecule has 0 saturated carbocycles. The van der Waals surface area contributed by atoms with Crippen molar-refractivity contribution in [2.75, 3.05) is 18.0 Å². The van der Waals surface area contributed by atoms with Crippen LogP contribution in [0.1, 0.15) is 15.9 Å². The van der Waals surface area contributed by atoms with Crippen LogP contribution in [0.15, 0.2) is 48.5 Å². The van der Waals surface area contributed by atoms with Gasteiger partial charge in [0.15, 0.2) is 0 Å². The van der Waals surface area contributed by atoms with E-state index in [1.807, 2.05) is 24.3 Å². The molecule has 0 radical (unpaired) electrons. The highest BCUT2D eigenvalue weighted by molar-refractivity contribution is 6.06. The molecule has 5 heteroatoms. The second-order valence-corrected chi connectivity index (χ2v) is 4.77. The van der Waals surface area contributed by atoms with Gasteiger partial charge >= 0.3 is 0 Å². The Morgan fingerprint density at radius 1 is 1.10 bits per heavy atom. The van der Waals surface area contributed by atoms with E-state index in [-0.39, 0.29) is 24.1 Å². The summed E-state index contributed by atoms with van der Waals surface area (Å²) >= 11 is 0. The molecule has 0 aromatic heterocycles. The summed E-state index contributed by atoms with van der Waals surface area (Å²) in [6, 6.07) is 13.5. The molecule has 110 valence electrons. The summed E-state index contributed by atoms with van der Waals surface area (Å²) in [6.45, 7) is 2.10. The molecule has 3 rings (SSSR count). The maximum Gasteiger partial charge on any atom is 0.258 e. The highest BCUT2D eigenvalue weighted by Crippen LogP contribution is 2.23. The van der Waals surface area contributed by atoms with Crippen molar-refractivity contribution in [3.8, 4) is 0 Å². The minimum absolute atomic E-state index is 0. The first-order valence-corrected chi connectivity index (χ1v) is 6.62. The molecule has 0 saturated heterocycles. The van der Waals surface area contributed by atoms with Crippen LogP contribution < -0.4 is 10.2 Å². The van der Waals surface area contributed by atoms with Crippen molar-refractivity contribution >= 4 is 24.0 Å². The van der Waals surface area contributed by atoms with E-state index in [1.165, 1.54) is 24.3 Å². The molecule has 1 aliphatic rings. The monoisotopic (exact) mass is 306 g/mol. The second kappa shape index (κ2) is 6.70. The predicted octanol–water partition coefficient (Wildman–Crippen LogP) is 3.00. The van der Waals surface area contributed by atoms with Gasteiger partial charge in [-0.25, -0.2) is 4.39 Å². The number of amides is 1. The molecular weight excluding hydrogens is 291 g/mol. The summed E-state index contributed by atoms with van der Waals surface area (Å²) < 4.78 is 13.0. The van der Waals surface area contributed by atoms with Crippen molar-refractivity contribution in [3.63, 3.8) is 0 Å². The molecule has 2 aromatic carbocycles. The number of nitrogens with zero attached hydrogens (tertiary/aromatic N) is 1. The topological polar surface area (TPSA) is 32.3 Å². The van der Waals surface area contributed by atoms with Gasteiger partial charge in [-0.2, -0.15) is 0 Å². The number of fused-ring (bicyclic) bond motifs is 1. The first kappa shape index (κ1) is 15.5. The van der Waals surface area contributed by atoms with Crippen molar-refractivity contribution in [2.24, 2.45) is 0 Å². The fourth-order valence-corrected chi connectivity index (χ4v) is 2.42. The lowest BCUT2D eigenvalue weighted by Gasteiger charge is -2.22. The van der Waals surface area contributed by atoms with Gasteiger partial charge in [0.05, 0.1) is 0 Å². The Morgan fingerprint density at radius 2 is 1.81 bits per heavy atom. The Hall–Kier alpha value is -1.91. The molecule has 3 nitrogen and oxygen atoms in total. The molecule has 1 heterocycles. The first-order chi connectivity index (χ1) is 9.75. The standard InChI is InChI=1S/C16H15FN2O.ClH/c17-14-7-5-12(6-8-14)16(20)19-10-9-18-11-13-3-1-2-4-15(13)19;/h1-8,18H,9-11H2;1H. The van der Waals surface area contributed by atoms with Crippen molar-refractivity contribution < 1.29 is 9.18 Å². The van der Waals surface area contributed by atoms with Crippen molar-refractivity contribution in [1.82, 2.24) is 5.32 Å². The molecule has 1 N–H and O–H groups in total. The SMILES string of the molecule is Cl.O=C(c1ccc(F)cc1)N1CCNCc2ccccc21. The van der Waals surface area contributed by atoms with Gasteiger partial charge in [0, 0.05) is 30.9 Å². The van der Waals surface area contributed by atoms with Gasteiger partial charge in [0.2, 0.25) is 0 Å². The number of anilines is 1. The van der Waals surface area contributed by atoms with Crippen LogP contribution in [0.2, 0.25) is 0 Å². The number of carbonyl (C=O) groups excluding carboxylic acids is 1. The van der Waals surface area contributed by atoms with Gasteiger partial charge in [0.1, 0.15) is 5.82 Å². The zero-order valence-corrected chi connectivity index (χ0v) is 12.2. The van der Waals surface area contributed by atoms with Crippen LogP contribution in [0.3, 0.4) is 0 Å². The minimum atomic E-state index is -0.334. The zero-order chi connectivity index (χ0) is 13.9. The van der Waals surface area contributed by atoms with Crippen LogP contribution in [0.25, 0.3) is 0 Å². The van der Waals surface area contributed by atoms with E-state index in [2.05, 4.69) is 5.32 Å². The van der Waals surface area contributed by atoms with Gasteiger partial charge in [-0.1, -0.05) is 18.2 Å². The van der Waals surface area contributed by atoms with Crippen molar-refractivity contribution in [2.45, 2.75) is 6.54 Å². The van der Waals surface area contributed by atoms with Gasteiger partial charge in [-0.15, -0.1) is 12.4 Å². The highest BCUT2D eigenvalue weighted by atomic mass is 35.5. The van der Waals surface area contributed by atoms with Crippen LogP contribution in [0.4, 0.5) is 10.1 Å². The predicted molar refractivity (Wildman–Crippen MR) is 83.5 cm³/mol.